The van der Waals surface area contributed by atoms with Crippen molar-refractivity contribution in [1.29, 1.82) is 0 Å². The van der Waals surface area contributed by atoms with Gasteiger partial charge in [0.25, 0.3) is 10.0 Å². The van der Waals surface area contributed by atoms with Crippen molar-refractivity contribution >= 4 is 51.4 Å². The van der Waals surface area contributed by atoms with Gasteiger partial charge in [-0.1, -0.05) is 17.7 Å². The predicted octanol–water partition coefficient (Wildman–Crippen LogP) is 1.19. The van der Waals surface area contributed by atoms with E-state index < -0.39 is 10.0 Å². The number of hydrogen-bond acceptors (Lipinski definition) is 3. The van der Waals surface area contributed by atoms with Gasteiger partial charge in [-0.3, -0.25) is 0 Å². The van der Waals surface area contributed by atoms with Crippen molar-refractivity contribution in [1.82, 2.24) is 14.2 Å². The quantitative estimate of drug-likeness (QED) is 0.646. The molecule has 1 aromatic carbocycles. The van der Waals surface area contributed by atoms with Crippen LogP contribution >= 0.6 is 11.8 Å². The molecule has 18 heavy (non-hydrogen) atoms. The van der Waals surface area contributed by atoms with Crippen LogP contribution in [0.15, 0.2) is 47.9 Å². The molecule has 0 atom stereocenters. The molecule has 0 amide bonds. The molecule has 1 aromatic heterocycles. The molecule has 0 spiro atoms. The number of nitrogens with one attached hydrogen (secondary N) is 2. The number of hydrogen-bond donors (Lipinski definition) is 2. The number of aryl methyl sites for hydroxylation is 1. The monoisotopic (exact) mass is 297 g/mol. The van der Waals surface area contributed by atoms with E-state index in [-0.39, 0.29) is 34.5 Å². The molecule has 1 heterocycles. The van der Waals surface area contributed by atoms with Crippen LogP contribution in [0, 0.1) is 6.92 Å². The molecule has 0 bridgehead atoms. The predicted molar refractivity (Wildman–Crippen MR) is 73.1 cm³/mol. The summed E-state index contributed by atoms with van der Waals surface area (Å²) >= 11 is 5.03. The largest absolute Gasteiger partial charge is 0.351 e. The summed E-state index contributed by atoms with van der Waals surface area (Å²) in [4.78, 5) is 6.59. The molecule has 2 aromatic rings. The molecular formula is C10H13ClN3NaO2S. The zero-order chi connectivity index (χ0) is 12.7. The van der Waals surface area contributed by atoms with Gasteiger partial charge >= 0.3 is 29.6 Å². The van der Waals surface area contributed by atoms with Crippen molar-refractivity contribution in [2.45, 2.75) is 11.8 Å². The normalized spacial score (nSPS) is 9.89. The second kappa shape index (κ2) is 8.68. The second-order valence-corrected chi connectivity index (χ2v) is 5.25. The van der Waals surface area contributed by atoms with Crippen LogP contribution in [0.4, 0.5) is 0 Å². The van der Waals surface area contributed by atoms with E-state index in [1.54, 1.807) is 35.1 Å². The topological polar surface area (TPSA) is 74.8 Å². The van der Waals surface area contributed by atoms with Gasteiger partial charge in [0.1, 0.15) is 0 Å². The molecular weight excluding hydrogens is 285 g/mol. The summed E-state index contributed by atoms with van der Waals surface area (Å²) < 4.78 is 23.9. The summed E-state index contributed by atoms with van der Waals surface area (Å²) in [6, 6.07) is 6.42. The second-order valence-electron chi connectivity index (χ2n) is 3.15. The molecule has 0 unspecified atom stereocenters. The van der Waals surface area contributed by atoms with Crippen molar-refractivity contribution in [3.8, 4) is 0 Å². The van der Waals surface area contributed by atoms with Gasteiger partial charge < -0.3 is 4.98 Å². The standard InChI is InChI=1S/C7H8ClNO2S.C3H4N2.Na.H/c1-6-2-4-7(5-3-6)12(10,11)9-8;1-2-5-3-4-1;;/h2-5,9H,1H3;1-3H,(H,4,5);;. The summed E-state index contributed by atoms with van der Waals surface area (Å²) in [6.07, 6.45) is 5.08. The Kier molecular flexibility index (Phi) is 8.51. The van der Waals surface area contributed by atoms with Crippen molar-refractivity contribution < 1.29 is 8.42 Å². The molecule has 5 nitrogen and oxygen atoms in total. The maximum atomic E-state index is 11.1. The van der Waals surface area contributed by atoms with E-state index in [9.17, 15) is 8.42 Å². The van der Waals surface area contributed by atoms with Crippen molar-refractivity contribution in [2.24, 2.45) is 0 Å². The van der Waals surface area contributed by atoms with Gasteiger partial charge in [-0.05, 0) is 30.8 Å². The molecule has 0 aliphatic rings. The molecule has 94 valence electrons. The van der Waals surface area contributed by atoms with E-state index in [1.807, 2.05) is 6.92 Å². The molecule has 8 heteroatoms. The minimum Gasteiger partial charge on any atom is -0.351 e. The molecule has 2 rings (SSSR count). The van der Waals surface area contributed by atoms with Crippen molar-refractivity contribution in [3.05, 3.63) is 48.5 Å². The van der Waals surface area contributed by atoms with Gasteiger partial charge in [-0.25, -0.2) is 13.4 Å². The number of aromatic nitrogens is 2. The minimum absolute atomic E-state index is 0. The molecule has 0 radical (unpaired) electrons. The third-order valence-electron chi connectivity index (χ3n) is 1.84. The van der Waals surface area contributed by atoms with Crippen molar-refractivity contribution in [3.63, 3.8) is 0 Å². The molecule has 0 aliphatic carbocycles. The molecule has 0 aliphatic heterocycles. The summed E-state index contributed by atoms with van der Waals surface area (Å²) in [7, 11) is -3.50. The Morgan fingerprint density at radius 3 is 2.22 bits per heavy atom. The van der Waals surface area contributed by atoms with Crippen LogP contribution in [-0.2, 0) is 10.0 Å². The zero-order valence-corrected chi connectivity index (χ0v) is 10.7. The Labute approximate surface area is 133 Å². The minimum atomic E-state index is -3.50. The number of imidazole rings is 1. The Hall–Kier alpha value is -0.370. The number of H-pyrrole nitrogens is 1. The summed E-state index contributed by atoms with van der Waals surface area (Å²) in [5.74, 6) is 0. The number of rotatable bonds is 2. The first kappa shape index (κ1) is 17.6. The first-order valence-corrected chi connectivity index (χ1v) is 6.54. The van der Waals surface area contributed by atoms with E-state index in [2.05, 4.69) is 9.97 Å². The van der Waals surface area contributed by atoms with Crippen LogP contribution < -0.4 is 4.24 Å². The number of sulfonamides is 1. The van der Waals surface area contributed by atoms with Crippen LogP contribution in [0.3, 0.4) is 0 Å². The Morgan fingerprint density at radius 1 is 1.28 bits per heavy atom. The Bertz CT molecular complexity index is 512. The Balaban J connectivity index is 0.000000405. The zero-order valence-electron chi connectivity index (χ0n) is 9.09. The molecule has 2 N–H and O–H groups in total. The SMILES string of the molecule is Cc1ccc(S(=O)(=O)NCl)cc1.[NaH].c1c[nH]cn1. The summed E-state index contributed by atoms with van der Waals surface area (Å²) in [5, 5.41) is 0. The Morgan fingerprint density at radius 2 is 1.89 bits per heavy atom. The van der Waals surface area contributed by atoms with Crippen molar-refractivity contribution in [2.75, 3.05) is 0 Å². The van der Waals surface area contributed by atoms with Crippen LogP contribution in [0.5, 0.6) is 0 Å². The van der Waals surface area contributed by atoms with Gasteiger partial charge in [0.05, 0.1) is 11.2 Å². The van der Waals surface area contributed by atoms with Crippen LogP contribution in [-0.4, -0.2) is 47.9 Å². The van der Waals surface area contributed by atoms with E-state index in [4.69, 9.17) is 11.8 Å². The average Bonchev–Trinajstić information content (AvgIpc) is 2.88. The van der Waals surface area contributed by atoms with E-state index >= 15 is 0 Å². The van der Waals surface area contributed by atoms with Gasteiger partial charge in [0, 0.05) is 12.4 Å². The average molecular weight is 298 g/mol. The number of benzene rings is 1. The van der Waals surface area contributed by atoms with E-state index in [0.717, 1.165) is 5.56 Å². The molecule has 0 saturated heterocycles. The van der Waals surface area contributed by atoms with Gasteiger partial charge in [-0.15, -0.1) is 4.24 Å². The maximum absolute atomic E-state index is 11.1. The van der Waals surface area contributed by atoms with Crippen LogP contribution in [0.25, 0.3) is 0 Å². The van der Waals surface area contributed by atoms with E-state index in [0.29, 0.717) is 0 Å². The maximum Gasteiger partial charge on any atom is 0.0919 e. The molecule has 0 fully saturated rings. The first-order valence-electron chi connectivity index (χ1n) is 4.68. The van der Waals surface area contributed by atoms with Crippen LogP contribution in [0.1, 0.15) is 5.56 Å². The summed E-state index contributed by atoms with van der Waals surface area (Å²) in [5.41, 5.74) is 1.00. The number of aromatic amines is 1. The summed E-state index contributed by atoms with van der Waals surface area (Å²) in [6.45, 7) is 1.88. The fraction of sp³-hybridized carbons (Fsp3) is 0.100. The smallest absolute Gasteiger partial charge is 0.0919 e. The van der Waals surface area contributed by atoms with Crippen LogP contribution in [0.2, 0.25) is 0 Å². The van der Waals surface area contributed by atoms with E-state index in [1.165, 1.54) is 12.1 Å². The third kappa shape index (κ3) is 5.99. The fourth-order valence-corrected chi connectivity index (χ4v) is 1.83. The van der Waals surface area contributed by atoms with Gasteiger partial charge in [0.15, 0.2) is 0 Å². The number of halogens is 1. The fourth-order valence-electron chi connectivity index (χ4n) is 0.977. The third-order valence-corrected chi connectivity index (χ3v) is 3.54. The van der Waals surface area contributed by atoms with Gasteiger partial charge in [-0.2, -0.15) is 0 Å². The number of nitrogens with zero attached hydrogens (tertiary/aromatic N) is 1. The van der Waals surface area contributed by atoms with Gasteiger partial charge in [0.2, 0.25) is 0 Å². The molecule has 0 saturated carbocycles. The first-order chi connectivity index (χ1) is 8.06.